The first-order chi connectivity index (χ1) is 7.81. The van der Waals surface area contributed by atoms with Crippen LogP contribution < -0.4 is 5.73 Å². The molecule has 3 heteroatoms. The molecular formula is C13H21NOS. The van der Waals surface area contributed by atoms with Crippen LogP contribution in [0.1, 0.15) is 44.3 Å². The van der Waals surface area contributed by atoms with Crippen LogP contribution >= 0.6 is 11.3 Å². The van der Waals surface area contributed by atoms with Crippen LogP contribution in [-0.4, -0.2) is 12.6 Å². The summed E-state index contributed by atoms with van der Waals surface area (Å²) < 4.78 is 6.18. The number of rotatable bonds is 4. The first-order valence-corrected chi connectivity index (χ1v) is 7.13. The van der Waals surface area contributed by atoms with Gasteiger partial charge in [0.05, 0.1) is 12.2 Å². The highest BCUT2D eigenvalue weighted by Gasteiger charge is 2.25. The van der Waals surface area contributed by atoms with E-state index in [1.807, 2.05) is 0 Å². The van der Waals surface area contributed by atoms with Gasteiger partial charge in [0, 0.05) is 6.54 Å². The lowest BCUT2D eigenvalue weighted by Crippen LogP contribution is -2.29. The lowest BCUT2D eigenvalue weighted by atomic mass is 9.88. The van der Waals surface area contributed by atoms with Crippen molar-refractivity contribution in [3.8, 4) is 0 Å². The first-order valence-electron chi connectivity index (χ1n) is 6.19. The molecule has 0 amide bonds. The third-order valence-corrected chi connectivity index (χ3v) is 4.20. The lowest BCUT2D eigenvalue weighted by molar-refractivity contribution is -0.0531. The van der Waals surface area contributed by atoms with Crippen molar-refractivity contribution < 1.29 is 4.74 Å². The molecule has 1 heterocycles. The summed E-state index contributed by atoms with van der Waals surface area (Å²) in [7, 11) is 0. The van der Waals surface area contributed by atoms with Crippen molar-refractivity contribution in [2.45, 2.75) is 44.8 Å². The van der Waals surface area contributed by atoms with Crippen LogP contribution in [0.15, 0.2) is 16.8 Å². The SMILES string of the molecule is CC1CCCCC1OC(CN)c1ccsc1. The Kier molecular flexibility index (Phi) is 4.38. The number of ether oxygens (including phenoxy) is 1. The van der Waals surface area contributed by atoms with E-state index in [9.17, 15) is 0 Å². The summed E-state index contributed by atoms with van der Waals surface area (Å²) in [5.41, 5.74) is 7.05. The van der Waals surface area contributed by atoms with Crippen molar-refractivity contribution in [1.82, 2.24) is 0 Å². The second-order valence-electron chi connectivity index (χ2n) is 4.72. The average molecular weight is 239 g/mol. The molecule has 2 N–H and O–H groups in total. The van der Waals surface area contributed by atoms with Gasteiger partial charge in [0.15, 0.2) is 0 Å². The Balaban J connectivity index is 1.95. The molecule has 0 aromatic carbocycles. The van der Waals surface area contributed by atoms with E-state index in [4.69, 9.17) is 10.5 Å². The highest BCUT2D eigenvalue weighted by Crippen LogP contribution is 2.31. The van der Waals surface area contributed by atoms with Gasteiger partial charge < -0.3 is 10.5 Å². The summed E-state index contributed by atoms with van der Waals surface area (Å²) in [5, 5.41) is 4.23. The van der Waals surface area contributed by atoms with Crippen molar-refractivity contribution >= 4 is 11.3 Å². The predicted molar refractivity (Wildman–Crippen MR) is 68.6 cm³/mol. The fraction of sp³-hybridized carbons (Fsp3) is 0.692. The molecule has 0 spiro atoms. The molecular weight excluding hydrogens is 218 g/mol. The van der Waals surface area contributed by atoms with Crippen molar-refractivity contribution in [2.75, 3.05) is 6.54 Å². The minimum absolute atomic E-state index is 0.0943. The summed E-state index contributed by atoms with van der Waals surface area (Å²) >= 11 is 1.71. The highest BCUT2D eigenvalue weighted by molar-refractivity contribution is 7.07. The Morgan fingerprint density at radius 3 is 2.94 bits per heavy atom. The van der Waals surface area contributed by atoms with Gasteiger partial charge in [-0.25, -0.2) is 0 Å². The van der Waals surface area contributed by atoms with Gasteiger partial charge in [-0.1, -0.05) is 19.8 Å². The second kappa shape index (κ2) is 5.80. The molecule has 1 aromatic heterocycles. The summed E-state index contributed by atoms with van der Waals surface area (Å²) in [4.78, 5) is 0. The Morgan fingerprint density at radius 2 is 2.31 bits per heavy atom. The molecule has 3 unspecified atom stereocenters. The van der Waals surface area contributed by atoms with Crippen molar-refractivity contribution in [2.24, 2.45) is 11.7 Å². The molecule has 90 valence electrons. The Morgan fingerprint density at radius 1 is 1.50 bits per heavy atom. The van der Waals surface area contributed by atoms with E-state index in [1.165, 1.54) is 31.2 Å². The van der Waals surface area contributed by atoms with Gasteiger partial charge in [0.25, 0.3) is 0 Å². The van der Waals surface area contributed by atoms with Crippen LogP contribution in [0.3, 0.4) is 0 Å². The lowest BCUT2D eigenvalue weighted by Gasteiger charge is -2.32. The van der Waals surface area contributed by atoms with Gasteiger partial charge in [0.2, 0.25) is 0 Å². The second-order valence-corrected chi connectivity index (χ2v) is 5.50. The summed E-state index contributed by atoms with van der Waals surface area (Å²) in [6.07, 6.45) is 5.65. The number of thiophene rings is 1. The molecule has 16 heavy (non-hydrogen) atoms. The normalized spacial score (nSPS) is 27.9. The molecule has 0 radical (unpaired) electrons. The number of nitrogens with two attached hydrogens (primary N) is 1. The maximum absolute atomic E-state index is 6.18. The predicted octanol–water partition coefficient (Wildman–Crippen LogP) is 3.34. The topological polar surface area (TPSA) is 35.2 Å². The maximum Gasteiger partial charge on any atom is 0.0958 e. The Hall–Kier alpha value is -0.380. The van der Waals surface area contributed by atoms with E-state index < -0.39 is 0 Å². The molecule has 1 aromatic rings. The molecule has 0 aliphatic heterocycles. The molecule has 1 fully saturated rings. The summed E-state index contributed by atoms with van der Waals surface area (Å²) in [6.45, 7) is 2.88. The van der Waals surface area contributed by atoms with Gasteiger partial charge in [-0.3, -0.25) is 0 Å². The maximum atomic E-state index is 6.18. The molecule has 3 atom stereocenters. The van der Waals surface area contributed by atoms with Gasteiger partial charge in [-0.05, 0) is 41.1 Å². The molecule has 2 rings (SSSR count). The first kappa shape index (κ1) is 12.1. The third kappa shape index (κ3) is 2.84. The molecule has 1 aliphatic rings. The van der Waals surface area contributed by atoms with Gasteiger partial charge in [0.1, 0.15) is 0 Å². The zero-order valence-corrected chi connectivity index (χ0v) is 10.7. The quantitative estimate of drug-likeness (QED) is 0.874. The van der Waals surface area contributed by atoms with Crippen LogP contribution in [0, 0.1) is 5.92 Å². The van der Waals surface area contributed by atoms with Crippen molar-refractivity contribution in [1.29, 1.82) is 0 Å². The van der Waals surface area contributed by atoms with E-state index >= 15 is 0 Å². The fourth-order valence-electron chi connectivity index (χ4n) is 2.42. The molecule has 2 nitrogen and oxygen atoms in total. The number of hydrogen-bond donors (Lipinski definition) is 1. The summed E-state index contributed by atoms with van der Waals surface area (Å²) in [6, 6.07) is 2.12. The van der Waals surface area contributed by atoms with Crippen LogP contribution in [-0.2, 0) is 4.74 Å². The minimum Gasteiger partial charge on any atom is -0.369 e. The summed E-state index contributed by atoms with van der Waals surface area (Å²) in [5.74, 6) is 0.682. The van der Waals surface area contributed by atoms with Crippen molar-refractivity contribution in [3.05, 3.63) is 22.4 Å². The van der Waals surface area contributed by atoms with Gasteiger partial charge in [-0.2, -0.15) is 11.3 Å². The monoisotopic (exact) mass is 239 g/mol. The van der Waals surface area contributed by atoms with E-state index in [-0.39, 0.29) is 6.10 Å². The molecule has 0 bridgehead atoms. The molecule has 1 aliphatic carbocycles. The Bertz CT molecular complexity index is 299. The molecule has 0 saturated heterocycles. The Labute approximate surface area is 102 Å². The zero-order valence-electron chi connectivity index (χ0n) is 9.89. The van der Waals surface area contributed by atoms with Crippen molar-refractivity contribution in [3.63, 3.8) is 0 Å². The van der Waals surface area contributed by atoms with E-state index in [2.05, 4.69) is 23.8 Å². The smallest absolute Gasteiger partial charge is 0.0958 e. The van der Waals surface area contributed by atoms with E-state index in [0.29, 0.717) is 18.6 Å². The van der Waals surface area contributed by atoms with Crippen LogP contribution in [0.2, 0.25) is 0 Å². The van der Waals surface area contributed by atoms with Crippen LogP contribution in [0.4, 0.5) is 0 Å². The van der Waals surface area contributed by atoms with Crippen LogP contribution in [0.5, 0.6) is 0 Å². The zero-order chi connectivity index (χ0) is 11.4. The van der Waals surface area contributed by atoms with Gasteiger partial charge >= 0.3 is 0 Å². The molecule has 1 saturated carbocycles. The standard InChI is InChI=1S/C13H21NOS/c1-10-4-2-3-5-12(10)15-13(8-14)11-6-7-16-9-11/h6-7,9-10,12-13H,2-5,8,14H2,1H3. The number of hydrogen-bond acceptors (Lipinski definition) is 3. The van der Waals surface area contributed by atoms with Crippen LogP contribution in [0.25, 0.3) is 0 Å². The van der Waals surface area contributed by atoms with E-state index in [1.54, 1.807) is 11.3 Å². The largest absolute Gasteiger partial charge is 0.369 e. The average Bonchev–Trinajstić information content (AvgIpc) is 2.81. The minimum atomic E-state index is 0.0943. The highest BCUT2D eigenvalue weighted by atomic mass is 32.1. The third-order valence-electron chi connectivity index (χ3n) is 3.50. The fourth-order valence-corrected chi connectivity index (χ4v) is 3.13. The van der Waals surface area contributed by atoms with Gasteiger partial charge in [-0.15, -0.1) is 0 Å². The van der Waals surface area contributed by atoms with E-state index in [0.717, 1.165) is 0 Å².